The van der Waals surface area contributed by atoms with Gasteiger partial charge in [0, 0.05) is 30.2 Å². The maximum Gasteiger partial charge on any atom is 0.0794 e. The quantitative estimate of drug-likeness (QED) is 0.755. The largest absolute Gasteiger partial charge is 0.313 e. The van der Waals surface area contributed by atoms with Crippen LogP contribution >= 0.6 is 11.3 Å². The fraction of sp³-hybridized carbons (Fsp3) is 0.667. The summed E-state index contributed by atoms with van der Waals surface area (Å²) < 4.78 is 0. The molecule has 0 saturated carbocycles. The van der Waals surface area contributed by atoms with Gasteiger partial charge in [-0.15, -0.1) is 11.3 Å². The fourth-order valence-electron chi connectivity index (χ4n) is 1.63. The minimum absolute atomic E-state index is 0.688. The molecule has 0 bridgehead atoms. The van der Waals surface area contributed by atoms with Gasteiger partial charge in [0.15, 0.2) is 0 Å². The number of nitrogens with one attached hydrogen (secondary N) is 2. The standard InChI is InChI=1S/C9H15N3S/c1-2-8(12-3-1)4-10-5-9-6-11-7-13-9/h6-8,10,12H,1-5H2. The summed E-state index contributed by atoms with van der Waals surface area (Å²) in [4.78, 5) is 5.35. The van der Waals surface area contributed by atoms with Crippen LogP contribution in [0.4, 0.5) is 0 Å². The van der Waals surface area contributed by atoms with E-state index < -0.39 is 0 Å². The minimum atomic E-state index is 0.688. The van der Waals surface area contributed by atoms with Crippen molar-refractivity contribution in [1.29, 1.82) is 0 Å². The first-order chi connectivity index (χ1) is 6.45. The molecule has 13 heavy (non-hydrogen) atoms. The third kappa shape index (κ3) is 2.76. The molecule has 0 aromatic carbocycles. The topological polar surface area (TPSA) is 37.0 Å². The van der Waals surface area contributed by atoms with E-state index >= 15 is 0 Å². The lowest BCUT2D eigenvalue weighted by molar-refractivity contribution is 0.537. The molecule has 1 aliphatic rings. The Morgan fingerprint density at radius 3 is 3.38 bits per heavy atom. The molecule has 0 spiro atoms. The molecule has 2 N–H and O–H groups in total. The highest BCUT2D eigenvalue weighted by atomic mass is 32.1. The molecule has 1 unspecified atom stereocenters. The molecule has 1 fully saturated rings. The highest BCUT2D eigenvalue weighted by molar-refractivity contribution is 7.09. The Morgan fingerprint density at radius 1 is 1.69 bits per heavy atom. The zero-order valence-electron chi connectivity index (χ0n) is 7.62. The molecule has 0 aliphatic carbocycles. The van der Waals surface area contributed by atoms with Crippen molar-refractivity contribution in [3.8, 4) is 0 Å². The molecule has 1 aromatic heterocycles. The van der Waals surface area contributed by atoms with Gasteiger partial charge in [0.05, 0.1) is 5.51 Å². The van der Waals surface area contributed by atoms with Gasteiger partial charge < -0.3 is 10.6 Å². The Bertz CT molecular complexity index is 229. The molecule has 0 amide bonds. The van der Waals surface area contributed by atoms with Crippen molar-refractivity contribution in [3.05, 3.63) is 16.6 Å². The highest BCUT2D eigenvalue weighted by Gasteiger charge is 2.12. The van der Waals surface area contributed by atoms with E-state index in [9.17, 15) is 0 Å². The molecule has 2 heterocycles. The van der Waals surface area contributed by atoms with Gasteiger partial charge >= 0.3 is 0 Å². The van der Waals surface area contributed by atoms with Crippen molar-refractivity contribution in [3.63, 3.8) is 0 Å². The zero-order chi connectivity index (χ0) is 8.93. The molecule has 4 heteroatoms. The van der Waals surface area contributed by atoms with Crippen molar-refractivity contribution in [2.75, 3.05) is 13.1 Å². The highest BCUT2D eigenvalue weighted by Crippen LogP contribution is 2.06. The zero-order valence-corrected chi connectivity index (χ0v) is 8.44. The van der Waals surface area contributed by atoms with Crippen LogP contribution < -0.4 is 10.6 Å². The van der Waals surface area contributed by atoms with Gasteiger partial charge in [0.25, 0.3) is 0 Å². The summed E-state index contributed by atoms with van der Waals surface area (Å²) >= 11 is 1.71. The van der Waals surface area contributed by atoms with E-state index in [1.54, 1.807) is 11.3 Å². The molecule has 1 saturated heterocycles. The number of nitrogens with zero attached hydrogens (tertiary/aromatic N) is 1. The molecule has 72 valence electrons. The summed E-state index contributed by atoms with van der Waals surface area (Å²) in [5, 5.41) is 6.90. The van der Waals surface area contributed by atoms with E-state index in [1.165, 1.54) is 24.3 Å². The summed E-state index contributed by atoms with van der Waals surface area (Å²) in [6.45, 7) is 3.23. The normalized spacial score (nSPS) is 22.3. The lowest BCUT2D eigenvalue weighted by Crippen LogP contribution is -2.33. The molecule has 1 aliphatic heterocycles. The van der Waals surface area contributed by atoms with E-state index in [0.717, 1.165) is 13.1 Å². The number of aromatic nitrogens is 1. The van der Waals surface area contributed by atoms with Crippen molar-refractivity contribution in [2.24, 2.45) is 0 Å². The Balaban J connectivity index is 1.63. The molecule has 3 nitrogen and oxygen atoms in total. The molecule has 1 aromatic rings. The average Bonchev–Trinajstić information content (AvgIpc) is 2.75. The van der Waals surface area contributed by atoms with Gasteiger partial charge in [-0.25, -0.2) is 0 Å². The second kappa shape index (κ2) is 4.69. The Labute approximate surface area is 82.6 Å². The average molecular weight is 197 g/mol. The second-order valence-corrected chi connectivity index (χ2v) is 4.36. The van der Waals surface area contributed by atoms with Crippen LogP contribution in [-0.4, -0.2) is 24.1 Å². The Morgan fingerprint density at radius 2 is 2.69 bits per heavy atom. The number of thiazole rings is 1. The van der Waals surface area contributed by atoms with E-state index in [1.807, 2.05) is 11.7 Å². The fourth-order valence-corrected chi connectivity index (χ4v) is 2.19. The van der Waals surface area contributed by atoms with Gasteiger partial charge in [-0.05, 0) is 19.4 Å². The van der Waals surface area contributed by atoms with E-state index in [0.29, 0.717) is 6.04 Å². The van der Waals surface area contributed by atoms with Gasteiger partial charge in [0.2, 0.25) is 0 Å². The first-order valence-electron chi connectivity index (χ1n) is 4.76. The molecular weight excluding hydrogens is 182 g/mol. The number of hydrogen-bond donors (Lipinski definition) is 2. The molecule has 1 atom stereocenters. The Kier molecular flexibility index (Phi) is 3.29. The number of hydrogen-bond acceptors (Lipinski definition) is 4. The maximum atomic E-state index is 4.04. The van der Waals surface area contributed by atoms with Gasteiger partial charge in [-0.2, -0.15) is 0 Å². The van der Waals surface area contributed by atoms with Gasteiger partial charge in [-0.1, -0.05) is 0 Å². The van der Waals surface area contributed by atoms with E-state index in [4.69, 9.17) is 0 Å². The summed E-state index contributed by atoms with van der Waals surface area (Å²) in [5.74, 6) is 0. The van der Waals surface area contributed by atoms with Crippen LogP contribution in [-0.2, 0) is 6.54 Å². The van der Waals surface area contributed by atoms with Crippen LogP contribution in [0.3, 0.4) is 0 Å². The van der Waals surface area contributed by atoms with Crippen LogP contribution in [0.5, 0.6) is 0 Å². The SMILES string of the molecule is c1ncc(CNCC2CCCN2)s1. The van der Waals surface area contributed by atoms with Crippen LogP contribution in [0.15, 0.2) is 11.7 Å². The lowest BCUT2D eigenvalue weighted by atomic mass is 10.2. The Hall–Kier alpha value is -0.450. The van der Waals surface area contributed by atoms with Gasteiger partial charge in [0.1, 0.15) is 0 Å². The third-order valence-electron chi connectivity index (χ3n) is 2.34. The summed E-state index contributed by atoms with van der Waals surface area (Å²) in [5.41, 5.74) is 1.88. The number of rotatable bonds is 4. The van der Waals surface area contributed by atoms with Crippen molar-refractivity contribution in [1.82, 2.24) is 15.6 Å². The predicted molar refractivity (Wildman–Crippen MR) is 54.8 cm³/mol. The van der Waals surface area contributed by atoms with E-state index in [-0.39, 0.29) is 0 Å². The third-order valence-corrected chi connectivity index (χ3v) is 3.12. The first kappa shape index (κ1) is 9.12. The van der Waals surface area contributed by atoms with Crippen LogP contribution in [0.1, 0.15) is 17.7 Å². The van der Waals surface area contributed by atoms with Crippen molar-refractivity contribution >= 4 is 11.3 Å². The maximum absolute atomic E-state index is 4.04. The van der Waals surface area contributed by atoms with Crippen LogP contribution in [0.2, 0.25) is 0 Å². The second-order valence-electron chi connectivity index (χ2n) is 3.39. The van der Waals surface area contributed by atoms with E-state index in [2.05, 4.69) is 15.6 Å². The predicted octanol–water partition coefficient (Wildman–Crippen LogP) is 0.985. The monoisotopic (exact) mass is 197 g/mol. The van der Waals surface area contributed by atoms with Crippen molar-refractivity contribution < 1.29 is 0 Å². The molecular formula is C9H15N3S. The smallest absolute Gasteiger partial charge is 0.0794 e. The summed E-state index contributed by atoms with van der Waals surface area (Å²) in [6, 6.07) is 0.688. The minimum Gasteiger partial charge on any atom is -0.313 e. The summed E-state index contributed by atoms with van der Waals surface area (Å²) in [6.07, 6.45) is 4.57. The van der Waals surface area contributed by atoms with Crippen molar-refractivity contribution in [2.45, 2.75) is 25.4 Å². The summed E-state index contributed by atoms with van der Waals surface area (Å²) in [7, 11) is 0. The molecule has 2 rings (SSSR count). The lowest BCUT2D eigenvalue weighted by Gasteiger charge is -2.09. The van der Waals surface area contributed by atoms with Gasteiger partial charge in [-0.3, -0.25) is 4.98 Å². The first-order valence-corrected chi connectivity index (χ1v) is 5.64. The van der Waals surface area contributed by atoms with Crippen LogP contribution in [0, 0.1) is 0 Å². The molecule has 0 radical (unpaired) electrons. The van der Waals surface area contributed by atoms with Crippen LogP contribution in [0.25, 0.3) is 0 Å².